The van der Waals surface area contributed by atoms with Crippen molar-refractivity contribution >= 4 is 5.91 Å². The third-order valence-corrected chi connectivity index (χ3v) is 3.99. The number of amides is 1. The molecular formula is C18H19F2N3O2. The Kier molecular flexibility index (Phi) is 5.55. The number of nitrogens with zero attached hydrogens (tertiary/aromatic N) is 1. The molecule has 0 spiro atoms. The van der Waals surface area contributed by atoms with Crippen LogP contribution < -0.4 is 10.6 Å². The minimum absolute atomic E-state index is 0.0906. The van der Waals surface area contributed by atoms with E-state index in [1.54, 1.807) is 0 Å². The smallest absolute Gasteiger partial charge is 0.220 e. The fourth-order valence-electron chi connectivity index (χ4n) is 2.59. The van der Waals surface area contributed by atoms with Gasteiger partial charge in [0.1, 0.15) is 11.6 Å². The van der Waals surface area contributed by atoms with Crippen LogP contribution in [0.1, 0.15) is 18.7 Å². The van der Waals surface area contributed by atoms with Crippen molar-refractivity contribution in [2.75, 3.05) is 19.6 Å². The molecule has 0 fully saturated rings. The number of aryl methyl sites for hydroxylation is 1. The van der Waals surface area contributed by atoms with Crippen LogP contribution in [0.4, 0.5) is 8.78 Å². The van der Waals surface area contributed by atoms with Crippen LogP contribution in [0.5, 0.6) is 0 Å². The summed E-state index contributed by atoms with van der Waals surface area (Å²) < 4.78 is 32.1. The lowest BCUT2D eigenvalue weighted by Gasteiger charge is -2.14. The molecule has 0 saturated carbocycles. The van der Waals surface area contributed by atoms with E-state index >= 15 is 0 Å². The first kappa shape index (κ1) is 17.3. The van der Waals surface area contributed by atoms with Crippen LogP contribution >= 0.6 is 0 Å². The Bertz CT molecular complexity index is 786. The molecule has 7 heteroatoms. The zero-order valence-electron chi connectivity index (χ0n) is 13.6. The first-order valence-electron chi connectivity index (χ1n) is 8.17. The lowest BCUT2D eigenvalue weighted by atomic mass is 10.1. The molecular weight excluding hydrogens is 328 g/mol. The first-order chi connectivity index (χ1) is 12.1. The fourth-order valence-corrected chi connectivity index (χ4v) is 2.59. The van der Waals surface area contributed by atoms with Gasteiger partial charge in [0.15, 0.2) is 11.7 Å². The zero-order chi connectivity index (χ0) is 17.6. The van der Waals surface area contributed by atoms with Crippen LogP contribution in [0.25, 0.3) is 11.3 Å². The van der Waals surface area contributed by atoms with Crippen LogP contribution in [-0.4, -0.2) is 30.5 Å². The Hall–Kier alpha value is -2.54. The molecule has 1 aliphatic rings. The number of rotatable bonds is 6. The van der Waals surface area contributed by atoms with E-state index < -0.39 is 11.6 Å². The summed E-state index contributed by atoms with van der Waals surface area (Å²) in [6.45, 7) is 2.32. The van der Waals surface area contributed by atoms with Gasteiger partial charge in [-0.1, -0.05) is 11.6 Å². The van der Waals surface area contributed by atoms with Gasteiger partial charge in [-0.25, -0.2) is 13.8 Å². The Balaban J connectivity index is 1.51. The van der Waals surface area contributed by atoms with E-state index in [4.69, 9.17) is 4.42 Å². The molecule has 2 heterocycles. The second-order valence-electron chi connectivity index (χ2n) is 5.84. The Labute approximate surface area is 144 Å². The summed E-state index contributed by atoms with van der Waals surface area (Å²) in [5.74, 6) is -0.896. The van der Waals surface area contributed by atoms with E-state index in [1.807, 2.05) is 0 Å². The monoisotopic (exact) mass is 347 g/mol. The molecule has 0 radical (unpaired) electrons. The molecule has 2 N–H and O–H groups in total. The van der Waals surface area contributed by atoms with E-state index in [2.05, 4.69) is 21.7 Å². The van der Waals surface area contributed by atoms with Gasteiger partial charge in [-0.2, -0.15) is 0 Å². The second kappa shape index (κ2) is 8.02. The number of carbonyl (C=O) groups excluding carboxylic acids is 1. The third-order valence-electron chi connectivity index (χ3n) is 3.99. The van der Waals surface area contributed by atoms with Crippen LogP contribution in [0.3, 0.4) is 0 Å². The minimum Gasteiger partial charge on any atom is -0.441 e. The van der Waals surface area contributed by atoms with Crippen molar-refractivity contribution in [3.63, 3.8) is 0 Å². The molecule has 1 aromatic heterocycles. The van der Waals surface area contributed by atoms with Crippen molar-refractivity contribution in [2.45, 2.75) is 19.3 Å². The van der Waals surface area contributed by atoms with Gasteiger partial charge in [-0.15, -0.1) is 0 Å². The summed E-state index contributed by atoms with van der Waals surface area (Å²) in [4.78, 5) is 16.0. The van der Waals surface area contributed by atoms with Gasteiger partial charge in [0.25, 0.3) is 0 Å². The van der Waals surface area contributed by atoms with E-state index in [1.165, 1.54) is 17.8 Å². The normalized spacial score (nSPS) is 14.2. The maximum absolute atomic E-state index is 13.7. The number of carbonyl (C=O) groups is 1. The highest BCUT2D eigenvalue weighted by Crippen LogP contribution is 2.24. The summed E-state index contributed by atoms with van der Waals surface area (Å²) in [7, 11) is 0. The summed E-state index contributed by atoms with van der Waals surface area (Å²) in [5, 5.41) is 6.08. The lowest BCUT2D eigenvalue weighted by Crippen LogP contribution is -2.29. The molecule has 1 aliphatic heterocycles. The van der Waals surface area contributed by atoms with E-state index in [9.17, 15) is 13.6 Å². The minimum atomic E-state index is -0.712. The maximum Gasteiger partial charge on any atom is 0.220 e. The predicted molar refractivity (Wildman–Crippen MR) is 88.8 cm³/mol. The molecule has 25 heavy (non-hydrogen) atoms. The predicted octanol–water partition coefficient (Wildman–Crippen LogP) is 2.59. The standard InChI is InChI=1S/C18H19F2N3O2/c19-13-1-2-14(15(20)9-13)16-11-23-18(25-16)4-3-17(24)22-10-12-5-7-21-8-6-12/h1-2,5,9,11,21H,3-4,6-8,10H2,(H,22,24). The van der Waals surface area contributed by atoms with Crippen LogP contribution in [-0.2, 0) is 11.2 Å². The number of oxazole rings is 1. The number of aromatic nitrogens is 1. The summed E-state index contributed by atoms with van der Waals surface area (Å²) in [6, 6.07) is 3.25. The largest absolute Gasteiger partial charge is 0.441 e. The Morgan fingerprint density at radius 3 is 3.00 bits per heavy atom. The lowest BCUT2D eigenvalue weighted by molar-refractivity contribution is -0.120. The van der Waals surface area contributed by atoms with E-state index in [0.717, 1.165) is 31.6 Å². The number of nitrogens with one attached hydrogen (secondary N) is 2. The highest BCUT2D eigenvalue weighted by Gasteiger charge is 2.13. The Morgan fingerprint density at radius 1 is 1.36 bits per heavy atom. The van der Waals surface area contributed by atoms with Gasteiger partial charge in [0, 0.05) is 32.0 Å². The highest BCUT2D eigenvalue weighted by atomic mass is 19.1. The zero-order valence-corrected chi connectivity index (χ0v) is 13.6. The maximum atomic E-state index is 13.7. The first-order valence-corrected chi connectivity index (χ1v) is 8.17. The van der Waals surface area contributed by atoms with Crippen LogP contribution in [0.2, 0.25) is 0 Å². The molecule has 2 aromatic rings. The fraction of sp³-hybridized carbons (Fsp3) is 0.333. The van der Waals surface area contributed by atoms with Gasteiger partial charge in [-0.3, -0.25) is 4.79 Å². The average molecular weight is 347 g/mol. The van der Waals surface area contributed by atoms with E-state index in [0.29, 0.717) is 18.9 Å². The third kappa shape index (κ3) is 4.73. The molecule has 0 atom stereocenters. The van der Waals surface area contributed by atoms with Crippen molar-refractivity contribution in [1.29, 1.82) is 0 Å². The number of hydrogen-bond acceptors (Lipinski definition) is 4. The molecule has 5 nitrogen and oxygen atoms in total. The summed E-state index contributed by atoms with van der Waals surface area (Å²) >= 11 is 0. The topological polar surface area (TPSA) is 67.2 Å². The van der Waals surface area contributed by atoms with Gasteiger partial charge in [0.05, 0.1) is 11.8 Å². The molecule has 0 unspecified atom stereocenters. The van der Waals surface area contributed by atoms with Gasteiger partial charge >= 0.3 is 0 Å². The van der Waals surface area contributed by atoms with Gasteiger partial charge in [0.2, 0.25) is 5.91 Å². The van der Waals surface area contributed by atoms with E-state index in [-0.39, 0.29) is 23.7 Å². The van der Waals surface area contributed by atoms with Gasteiger partial charge in [-0.05, 0) is 25.1 Å². The molecule has 0 aliphatic carbocycles. The van der Waals surface area contributed by atoms with Crippen LogP contribution in [0.15, 0.2) is 40.5 Å². The number of hydrogen-bond donors (Lipinski definition) is 2. The quantitative estimate of drug-likeness (QED) is 0.788. The highest BCUT2D eigenvalue weighted by molar-refractivity contribution is 5.76. The second-order valence-corrected chi connectivity index (χ2v) is 5.84. The van der Waals surface area contributed by atoms with Crippen molar-refractivity contribution in [3.05, 3.63) is 53.6 Å². The van der Waals surface area contributed by atoms with Crippen LogP contribution in [0, 0.1) is 11.6 Å². The molecule has 0 bridgehead atoms. The van der Waals surface area contributed by atoms with Crippen molar-refractivity contribution in [1.82, 2.24) is 15.6 Å². The average Bonchev–Trinajstić information content (AvgIpc) is 3.08. The summed E-state index contributed by atoms with van der Waals surface area (Å²) in [6.07, 6.45) is 4.95. The molecule has 3 rings (SSSR count). The van der Waals surface area contributed by atoms with Gasteiger partial charge < -0.3 is 15.1 Å². The number of benzene rings is 1. The SMILES string of the molecule is O=C(CCc1ncc(-c2ccc(F)cc2F)o1)NCC1=CCNCC1. The molecule has 1 amide bonds. The Morgan fingerprint density at radius 2 is 2.24 bits per heavy atom. The summed E-state index contributed by atoms with van der Waals surface area (Å²) in [5.41, 5.74) is 1.36. The number of halogens is 2. The molecule has 0 saturated heterocycles. The molecule has 1 aromatic carbocycles. The van der Waals surface area contributed by atoms with Crippen molar-refractivity contribution in [3.8, 4) is 11.3 Å². The molecule has 132 valence electrons. The van der Waals surface area contributed by atoms with Crippen molar-refractivity contribution < 1.29 is 18.0 Å². The van der Waals surface area contributed by atoms with Crippen molar-refractivity contribution in [2.24, 2.45) is 0 Å².